The zero-order chi connectivity index (χ0) is 14.8. The van der Waals surface area contributed by atoms with E-state index in [1.807, 2.05) is 18.7 Å². The third-order valence-electron chi connectivity index (χ3n) is 5.46. The summed E-state index contributed by atoms with van der Waals surface area (Å²) < 4.78 is 12.1. The number of ether oxygens (including phenoxy) is 2. The third-order valence-corrected chi connectivity index (χ3v) is 6.68. The Hall–Kier alpha value is -0.0600. The quantitative estimate of drug-likeness (QED) is 0.794. The van der Waals surface area contributed by atoms with Gasteiger partial charge in [0.15, 0.2) is 5.78 Å². The van der Waals surface area contributed by atoms with E-state index in [0.29, 0.717) is 12.4 Å². The van der Waals surface area contributed by atoms with Gasteiger partial charge >= 0.3 is 0 Å². The summed E-state index contributed by atoms with van der Waals surface area (Å²) in [5.41, 5.74) is -0.479. The van der Waals surface area contributed by atoms with Gasteiger partial charge in [-0.25, -0.2) is 0 Å². The van der Waals surface area contributed by atoms with Crippen molar-refractivity contribution in [2.24, 2.45) is 5.92 Å². The molecule has 21 heavy (non-hydrogen) atoms. The van der Waals surface area contributed by atoms with E-state index in [0.717, 1.165) is 57.3 Å². The molecule has 2 saturated heterocycles. The maximum absolute atomic E-state index is 13.2. The maximum Gasteiger partial charge on any atom is 0.167 e. The topological polar surface area (TPSA) is 35.5 Å². The smallest absolute Gasteiger partial charge is 0.167 e. The Labute approximate surface area is 132 Å². The molecule has 4 heteroatoms. The molecule has 2 unspecified atom stereocenters. The number of thioether (sulfide) groups is 1. The summed E-state index contributed by atoms with van der Waals surface area (Å²) in [7, 11) is 0. The van der Waals surface area contributed by atoms with Gasteiger partial charge in [0, 0.05) is 24.9 Å². The fraction of sp³-hybridized carbons (Fsp3) is 0.941. The van der Waals surface area contributed by atoms with Crippen molar-refractivity contribution in [3.63, 3.8) is 0 Å². The van der Waals surface area contributed by atoms with E-state index in [2.05, 4.69) is 0 Å². The second-order valence-corrected chi connectivity index (χ2v) is 7.98. The van der Waals surface area contributed by atoms with Crippen LogP contribution in [0.5, 0.6) is 0 Å². The highest BCUT2D eigenvalue weighted by molar-refractivity contribution is 7.99. The van der Waals surface area contributed by atoms with Gasteiger partial charge in [-0.15, -0.1) is 0 Å². The van der Waals surface area contributed by atoms with E-state index in [1.165, 1.54) is 12.2 Å². The summed E-state index contributed by atoms with van der Waals surface area (Å²) in [6.45, 7) is 3.41. The predicted molar refractivity (Wildman–Crippen MR) is 85.8 cm³/mol. The predicted octanol–water partition coefficient (Wildman–Crippen LogP) is 3.60. The van der Waals surface area contributed by atoms with E-state index >= 15 is 0 Å². The summed E-state index contributed by atoms with van der Waals surface area (Å²) in [6.07, 6.45) is 8.30. The molecule has 0 aromatic carbocycles. The van der Waals surface area contributed by atoms with E-state index < -0.39 is 5.60 Å². The van der Waals surface area contributed by atoms with Gasteiger partial charge in [-0.05, 0) is 44.8 Å². The lowest BCUT2D eigenvalue weighted by molar-refractivity contribution is -0.162. The van der Waals surface area contributed by atoms with Crippen LogP contribution in [0, 0.1) is 5.92 Å². The van der Waals surface area contributed by atoms with E-state index in [1.54, 1.807) is 0 Å². The van der Waals surface area contributed by atoms with E-state index in [4.69, 9.17) is 9.47 Å². The van der Waals surface area contributed by atoms with Crippen LogP contribution < -0.4 is 0 Å². The van der Waals surface area contributed by atoms with Crippen LogP contribution in [0.2, 0.25) is 0 Å². The van der Waals surface area contributed by atoms with Crippen LogP contribution >= 0.6 is 11.8 Å². The number of hydrogen-bond acceptors (Lipinski definition) is 4. The molecule has 0 N–H and O–H groups in total. The number of hydrogen-bond donors (Lipinski definition) is 0. The Morgan fingerprint density at radius 1 is 1.29 bits per heavy atom. The molecule has 0 aromatic rings. The van der Waals surface area contributed by atoms with Crippen LogP contribution in [0.15, 0.2) is 0 Å². The Bertz CT molecular complexity index is 365. The first-order chi connectivity index (χ1) is 10.2. The van der Waals surface area contributed by atoms with Crippen LogP contribution in [0.3, 0.4) is 0 Å². The van der Waals surface area contributed by atoms with Crippen molar-refractivity contribution < 1.29 is 14.3 Å². The molecule has 0 aromatic heterocycles. The minimum Gasteiger partial charge on any atom is -0.374 e. The normalized spacial score (nSPS) is 36.0. The van der Waals surface area contributed by atoms with Crippen LogP contribution in [0.25, 0.3) is 0 Å². The first kappa shape index (κ1) is 15.8. The Morgan fingerprint density at radius 2 is 2.10 bits per heavy atom. The van der Waals surface area contributed by atoms with Gasteiger partial charge in [-0.2, -0.15) is 11.8 Å². The number of Topliss-reactive ketones (excluding diaryl/α,β-unsaturated/α-hetero) is 1. The van der Waals surface area contributed by atoms with Crippen molar-refractivity contribution in [1.29, 1.82) is 0 Å². The zero-order valence-electron chi connectivity index (χ0n) is 13.2. The van der Waals surface area contributed by atoms with Crippen LogP contribution in [-0.4, -0.2) is 41.7 Å². The number of carbonyl (C=O) groups is 1. The van der Waals surface area contributed by atoms with E-state index in [-0.39, 0.29) is 11.5 Å². The Morgan fingerprint density at radius 3 is 2.76 bits per heavy atom. The molecule has 1 saturated carbocycles. The second kappa shape index (κ2) is 6.59. The Balaban J connectivity index is 1.72. The number of rotatable bonds is 4. The van der Waals surface area contributed by atoms with Crippen molar-refractivity contribution in [2.75, 3.05) is 24.7 Å². The van der Waals surface area contributed by atoms with Gasteiger partial charge in [-0.3, -0.25) is 4.79 Å². The number of carbonyl (C=O) groups excluding carboxylic acids is 1. The fourth-order valence-electron chi connectivity index (χ4n) is 4.35. The average Bonchev–Trinajstić information content (AvgIpc) is 2.95. The van der Waals surface area contributed by atoms with Gasteiger partial charge in [-0.1, -0.05) is 19.3 Å². The standard InChI is InChI=1S/C17H28O3S/c1-2-19-17(7-4-3-5-8-17)15(18)14-6-10-20-16(12-14)9-11-21-13-16/h14H,2-13H2,1H3. The lowest BCUT2D eigenvalue weighted by atomic mass is 9.72. The molecule has 0 amide bonds. The largest absolute Gasteiger partial charge is 0.374 e. The second-order valence-electron chi connectivity index (χ2n) is 6.88. The van der Waals surface area contributed by atoms with E-state index in [9.17, 15) is 4.79 Å². The summed E-state index contributed by atoms with van der Waals surface area (Å²) in [4.78, 5) is 13.2. The highest BCUT2D eigenvalue weighted by Crippen LogP contribution is 2.43. The van der Waals surface area contributed by atoms with Gasteiger partial charge in [0.2, 0.25) is 0 Å². The Kier molecular flexibility index (Phi) is 4.97. The summed E-state index contributed by atoms with van der Waals surface area (Å²) in [5, 5.41) is 0. The maximum atomic E-state index is 13.2. The van der Waals surface area contributed by atoms with Crippen molar-refractivity contribution in [2.45, 2.75) is 69.5 Å². The molecule has 3 aliphatic rings. The molecule has 3 rings (SSSR count). The molecule has 2 heterocycles. The summed E-state index contributed by atoms with van der Waals surface area (Å²) in [5.74, 6) is 2.79. The summed E-state index contributed by atoms with van der Waals surface area (Å²) >= 11 is 1.97. The fourth-order valence-corrected chi connectivity index (χ4v) is 5.73. The lowest BCUT2D eigenvalue weighted by Crippen LogP contribution is -2.51. The average molecular weight is 312 g/mol. The molecule has 2 aliphatic heterocycles. The first-order valence-corrected chi connectivity index (χ1v) is 9.75. The third kappa shape index (κ3) is 3.18. The monoisotopic (exact) mass is 312 g/mol. The molecule has 1 aliphatic carbocycles. The van der Waals surface area contributed by atoms with Crippen LogP contribution in [0.1, 0.15) is 58.3 Å². The number of ketones is 1. The highest BCUT2D eigenvalue weighted by atomic mass is 32.2. The summed E-state index contributed by atoms with van der Waals surface area (Å²) in [6, 6.07) is 0. The van der Waals surface area contributed by atoms with Gasteiger partial charge < -0.3 is 9.47 Å². The first-order valence-electron chi connectivity index (χ1n) is 8.60. The lowest BCUT2D eigenvalue weighted by Gasteiger charge is -2.42. The van der Waals surface area contributed by atoms with Gasteiger partial charge in [0.05, 0.1) is 5.60 Å². The zero-order valence-corrected chi connectivity index (χ0v) is 14.0. The van der Waals surface area contributed by atoms with Crippen LogP contribution in [-0.2, 0) is 14.3 Å². The van der Waals surface area contributed by atoms with Crippen molar-refractivity contribution in [3.8, 4) is 0 Å². The minimum absolute atomic E-state index is 0.00862. The molecular formula is C17H28O3S. The molecule has 1 spiro atoms. The van der Waals surface area contributed by atoms with Gasteiger partial charge in [0.1, 0.15) is 5.60 Å². The molecule has 0 bridgehead atoms. The van der Waals surface area contributed by atoms with Crippen LogP contribution in [0.4, 0.5) is 0 Å². The molecule has 3 fully saturated rings. The van der Waals surface area contributed by atoms with Crippen molar-refractivity contribution >= 4 is 17.5 Å². The molecule has 2 atom stereocenters. The SMILES string of the molecule is CCOC1(C(=O)C2CCOC3(CCSC3)C2)CCCCC1. The highest BCUT2D eigenvalue weighted by Gasteiger charge is 2.48. The van der Waals surface area contributed by atoms with Crippen molar-refractivity contribution in [1.82, 2.24) is 0 Å². The molecule has 0 radical (unpaired) electrons. The minimum atomic E-state index is -0.470. The molecule has 3 nitrogen and oxygen atoms in total. The van der Waals surface area contributed by atoms with Crippen molar-refractivity contribution in [3.05, 3.63) is 0 Å². The molecule has 120 valence electrons. The molecular weight excluding hydrogens is 284 g/mol. The van der Waals surface area contributed by atoms with Gasteiger partial charge in [0.25, 0.3) is 0 Å².